The fourth-order valence-corrected chi connectivity index (χ4v) is 3.90. The van der Waals surface area contributed by atoms with Crippen molar-refractivity contribution in [1.29, 1.82) is 0 Å². The van der Waals surface area contributed by atoms with Gasteiger partial charge in [-0.1, -0.05) is 44.2 Å². The van der Waals surface area contributed by atoms with E-state index in [0.29, 0.717) is 5.15 Å². The van der Waals surface area contributed by atoms with Crippen LogP contribution in [0.3, 0.4) is 0 Å². The van der Waals surface area contributed by atoms with Gasteiger partial charge in [0.15, 0.2) is 0 Å². The average Bonchev–Trinajstić information content (AvgIpc) is 2.35. The van der Waals surface area contributed by atoms with Crippen molar-refractivity contribution < 1.29 is 0 Å². The molecule has 17 heavy (non-hydrogen) atoms. The van der Waals surface area contributed by atoms with Crippen molar-refractivity contribution in [2.45, 2.75) is 62.1 Å². The number of rotatable bonds is 4. The molecule has 0 N–H and O–H groups in total. The second-order valence-corrected chi connectivity index (χ2v) is 6.22. The first kappa shape index (κ1) is 13.2. The van der Waals surface area contributed by atoms with Gasteiger partial charge < -0.3 is 0 Å². The van der Waals surface area contributed by atoms with Gasteiger partial charge in [-0.15, -0.1) is 11.8 Å². The van der Waals surface area contributed by atoms with Gasteiger partial charge in [0.2, 0.25) is 0 Å². The van der Waals surface area contributed by atoms with Crippen LogP contribution in [-0.2, 0) is 6.42 Å². The molecular weight excluding hydrogens is 252 g/mol. The number of hydrogen-bond donors (Lipinski definition) is 0. The quantitative estimate of drug-likeness (QED) is 0.753. The fraction of sp³-hybridized carbons (Fsp3) is 0.692. The van der Waals surface area contributed by atoms with Gasteiger partial charge in [0.25, 0.3) is 0 Å². The van der Waals surface area contributed by atoms with E-state index in [9.17, 15) is 0 Å². The van der Waals surface area contributed by atoms with Crippen LogP contribution in [0.5, 0.6) is 0 Å². The Bertz CT molecular complexity index is 364. The number of nitrogens with zero attached hydrogens (tertiary/aromatic N) is 2. The first-order valence-corrected chi connectivity index (χ1v) is 7.73. The molecule has 0 saturated heterocycles. The molecule has 0 radical (unpaired) electrons. The lowest BCUT2D eigenvalue weighted by Crippen LogP contribution is -2.09. The second-order valence-electron chi connectivity index (χ2n) is 4.58. The average molecular weight is 271 g/mol. The maximum atomic E-state index is 6.16. The van der Waals surface area contributed by atoms with Crippen molar-refractivity contribution in [1.82, 2.24) is 9.97 Å². The van der Waals surface area contributed by atoms with E-state index >= 15 is 0 Å². The van der Waals surface area contributed by atoms with Crippen LogP contribution in [0.15, 0.2) is 11.4 Å². The molecule has 4 heteroatoms. The molecule has 1 heterocycles. The molecule has 0 aliphatic heterocycles. The lowest BCUT2D eigenvalue weighted by molar-refractivity contribution is 0.515. The van der Waals surface area contributed by atoms with Crippen LogP contribution in [0.1, 0.15) is 51.0 Å². The highest BCUT2D eigenvalue weighted by molar-refractivity contribution is 7.99. The molecule has 0 aromatic carbocycles. The van der Waals surface area contributed by atoms with E-state index in [-0.39, 0.29) is 0 Å². The van der Waals surface area contributed by atoms with Crippen molar-refractivity contribution in [2.75, 3.05) is 0 Å². The molecule has 1 aliphatic carbocycles. The van der Waals surface area contributed by atoms with Gasteiger partial charge in [-0.25, -0.2) is 9.97 Å². The van der Waals surface area contributed by atoms with E-state index < -0.39 is 0 Å². The van der Waals surface area contributed by atoms with Gasteiger partial charge in [0.05, 0.1) is 0 Å². The molecule has 0 spiro atoms. The topological polar surface area (TPSA) is 25.8 Å². The molecule has 1 aliphatic rings. The van der Waals surface area contributed by atoms with Crippen molar-refractivity contribution in [3.63, 3.8) is 0 Å². The molecule has 0 atom stereocenters. The molecule has 0 amide bonds. The Kier molecular flexibility index (Phi) is 5.11. The van der Waals surface area contributed by atoms with Crippen LogP contribution >= 0.6 is 23.4 Å². The van der Waals surface area contributed by atoms with Crippen molar-refractivity contribution in [3.8, 4) is 0 Å². The van der Waals surface area contributed by atoms with Gasteiger partial charge in [0.1, 0.15) is 16.5 Å². The highest BCUT2D eigenvalue weighted by Crippen LogP contribution is 2.35. The van der Waals surface area contributed by atoms with E-state index in [1.807, 2.05) is 11.8 Å². The minimum absolute atomic E-state index is 0.639. The molecule has 1 saturated carbocycles. The normalized spacial score (nSPS) is 17.3. The van der Waals surface area contributed by atoms with Crippen molar-refractivity contribution in [3.05, 3.63) is 17.0 Å². The number of aromatic nitrogens is 2. The number of halogens is 1. The minimum atomic E-state index is 0.639. The van der Waals surface area contributed by atoms with Crippen molar-refractivity contribution >= 4 is 23.4 Å². The number of thioether (sulfide) groups is 1. The van der Waals surface area contributed by atoms with E-state index in [2.05, 4.69) is 16.9 Å². The largest absolute Gasteiger partial charge is 0.230 e. The third-order valence-electron chi connectivity index (χ3n) is 3.18. The molecule has 0 bridgehead atoms. The monoisotopic (exact) mass is 270 g/mol. The summed E-state index contributed by atoms with van der Waals surface area (Å²) < 4.78 is 0. The van der Waals surface area contributed by atoms with Crippen LogP contribution in [0.25, 0.3) is 0 Å². The molecule has 2 nitrogen and oxygen atoms in total. The third-order valence-corrected chi connectivity index (χ3v) is 4.89. The smallest absolute Gasteiger partial charge is 0.136 e. The Morgan fingerprint density at radius 1 is 1.29 bits per heavy atom. The van der Waals surface area contributed by atoms with Crippen LogP contribution < -0.4 is 0 Å². The van der Waals surface area contributed by atoms with Gasteiger partial charge in [-0.05, 0) is 19.3 Å². The highest BCUT2D eigenvalue weighted by atomic mass is 35.5. The summed E-state index contributed by atoms with van der Waals surface area (Å²) in [5.74, 6) is 0. The molecular formula is C13H19ClN2S. The Labute approximate surface area is 113 Å². The van der Waals surface area contributed by atoms with Gasteiger partial charge in [0, 0.05) is 10.8 Å². The molecule has 1 aromatic heterocycles. The first-order valence-electron chi connectivity index (χ1n) is 6.47. The summed E-state index contributed by atoms with van der Waals surface area (Å²) in [5, 5.41) is 2.48. The lowest BCUT2D eigenvalue weighted by Gasteiger charge is -2.21. The zero-order chi connectivity index (χ0) is 12.1. The third kappa shape index (κ3) is 3.59. The predicted octanol–water partition coefficient (Wildman–Crippen LogP) is 4.51. The van der Waals surface area contributed by atoms with Gasteiger partial charge in [-0.2, -0.15) is 0 Å². The summed E-state index contributed by atoms with van der Waals surface area (Å²) in [6, 6.07) is 0. The van der Waals surface area contributed by atoms with Crippen LogP contribution in [0.4, 0.5) is 0 Å². The molecule has 0 unspecified atom stereocenters. The van der Waals surface area contributed by atoms with Gasteiger partial charge >= 0.3 is 0 Å². The van der Waals surface area contributed by atoms with E-state index in [0.717, 1.165) is 28.7 Å². The van der Waals surface area contributed by atoms with Crippen LogP contribution in [0, 0.1) is 0 Å². The zero-order valence-electron chi connectivity index (χ0n) is 10.3. The van der Waals surface area contributed by atoms with Crippen molar-refractivity contribution in [2.24, 2.45) is 0 Å². The Morgan fingerprint density at radius 2 is 2.06 bits per heavy atom. The first-order chi connectivity index (χ1) is 8.31. The molecule has 2 rings (SSSR count). The summed E-state index contributed by atoms with van der Waals surface area (Å²) in [6.07, 6.45) is 10.4. The summed E-state index contributed by atoms with van der Waals surface area (Å²) in [4.78, 5) is 8.51. The summed E-state index contributed by atoms with van der Waals surface area (Å²) in [7, 11) is 0. The summed E-state index contributed by atoms with van der Waals surface area (Å²) in [5.41, 5.74) is 1.15. The maximum Gasteiger partial charge on any atom is 0.136 e. The summed E-state index contributed by atoms with van der Waals surface area (Å²) >= 11 is 8.07. The van der Waals surface area contributed by atoms with Crippen LogP contribution in [0.2, 0.25) is 5.15 Å². The van der Waals surface area contributed by atoms with E-state index in [1.54, 1.807) is 6.33 Å². The number of hydrogen-bond acceptors (Lipinski definition) is 3. The SMILES string of the molecule is CCCc1c(Cl)ncnc1SC1CCCCC1. The highest BCUT2D eigenvalue weighted by Gasteiger charge is 2.18. The summed E-state index contributed by atoms with van der Waals surface area (Å²) in [6.45, 7) is 2.17. The molecule has 94 valence electrons. The predicted molar refractivity (Wildman–Crippen MR) is 73.8 cm³/mol. The Morgan fingerprint density at radius 3 is 2.76 bits per heavy atom. The Hall–Kier alpha value is -0.280. The van der Waals surface area contributed by atoms with E-state index in [1.165, 1.54) is 32.1 Å². The zero-order valence-corrected chi connectivity index (χ0v) is 11.9. The maximum absolute atomic E-state index is 6.16. The standard InChI is InChI=1S/C13H19ClN2S/c1-2-6-11-12(14)15-9-16-13(11)17-10-7-4-3-5-8-10/h9-10H,2-8H2,1H3. The minimum Gasteiger partial charge on any atom is -0.230 e. The lowest BCUT2D eigenvalue weighted by atomic mass is 10.0. The molecule has 1 fully saturated rings. The second kappa shape index (κ2) is 6.60. The van der Waals surface area contributed by atoms with Crippen LogP contribution in [-0.4, -0.2) is 15.2 Å². The Balaban J connectivity index is 2.10. The van der Waals surface area contributed by atoms with Gasteiger partial charge in [-0.3, -0.25) is 0 Å². The van der Waals surface area contributed by atoms with E-state index in [4.69, 9.17) is 11.6 Å². The molecule has 1 aromatic rings. The fourth-order valence-electron chi connectivity index (χ4n) is 2.28.